The average Bonchev–Trinajstić information content (AvgIpc) is 2.77. The molecule has 0 unspecified atom stereocenters. The Kier molecular flexibility index (Phi) is 5.63. The second-order valence-electron chi connectivity index (χ2n) is 6.06. The summed E-state index contributed by atoms with van der Waals surface area (Å²) in [5, 5.41) is 1.48. The molecule has 2 aliphatic rings. The standard InChI is InChI=1S/C18H19BrClNO2S/c1-11-18(19)24-17(21(11)10-12-4-3-5-12)9-15(22)14-8-13(20)6-7-16(14)23-2/h6-9,12H,3-5,10H2,1-2H3. The van der Waals surface area contributed by atoms with Crippen LogP contribution in [0.25, 0.3) is 0 Å². The highest BCUT2D eigenvalue weighted by Gasteiger charge is 2.29. The molecule has 0 spiro atoms. The van der Waals surface area contributed by atoms with Crippen molar-refractivity contribution in [3.05, 3.63) is 49.4 Å². The second-order valence-corrected chi connectivity index (χ2v) is 8.85. The van der Waals surface area contributed by atoms with Gasteiger partial charge in [-0.05, 0) is 59.8 Å². The normalized spacial score (nSPS) is 19.8. The molecule has 24 heavy (non-hydrogen) atoms. The van der Waals surface area contributed by atoms with Crippen LogP contribution in [0, 0.1) is 5.92 Å². The van der Waals surface area contributed by atoms with Crippen molar-refractivity contribution in [3.8, 4) is 5.75 Å². The number of ketones is 1. The molecule has 0 aromatic heterocycles. The summed E-state index contributed by atoms with van der Waals surface area (Å²) in [6.07, 6.45) is 5.55. The third-order valence-corrected chi connectivity index (χ3v) is 6.81. The number of methoxy groups -OCH3 is 1. The van der Waals surface area contributed by atoms with Gasteiger partial charge >= 0.3 is 0 Å². The number of carbonyl (C=O) groups is 1. The van der Waals surface area contributed by atoms with Crippen molar-refractivity contribution in [1.29, 1.82) is 0 Å². The fourth-order valence-electron chi connectivity index (χ4n) is 2.82. The van der Waals surface area contributed by atoms with E-state index in [2.05, 4.69) is 27.8 Å². The maximum atomic E-state index is 12.8. The monoisotopic (exact) mass is 427 g/mol. The summed E-state index contributed by atoms with van der Waals surface area (Å²) in [7, 11) is 1.56. The zero-order valence-electron chi connectivity index (χ0n) is 13.6. The minimum absolute atomic E-state index is 0.0922. The second kappa shape index (κ2) is 7.54. The van der Waals surface area contributed by atoms with Crippen LogP contribution in [0.15, 0.2) is 38.8 Å². The molecule has 0 saturated heterocycles. The van der Waals surface area contributed by atoms with Gasteiger partial charge < -0.3 is 9.64 Å². The fraction of sp³-hybridized carbons (Fsp3) is 0.389. The van der Waals surface area contributed by atoms with Crippen LogP contribution in [0.3, 0.4) is 0 Å². The smallest absolute Gasteiger partial charge is 0.192 e. The molecule has 1 aliphatic heterocycles. The number of benzene rings is 1. The van der Waals surface area contributed by atoms with Crippen molar-refractivity contribution in [2.45, 2.75) is 26.2 Å². The SMILES string of the molecule is COc1ccc(Cl)cc1C(=O)C=C1SC(Br)=C(C)N1CC1CCC1. The van der Waals surface area contributed by atoms with Crippen molar-refractivity contribution in [3.63, 3.8) is 0 Å². The molecule has 0 bridgehead atoms. The van der Waals surface area contributed by atoms with E-state index in [4.69, 9.17) is 16.3 Å². The highest BCUT2D eigenvalue weighted by atomic mass is 79.9. The van der Waals surface area contributed by atoms with Gasteiger partial charge in [-0.1, -0.05) is 29.8 Å². The molecule has 0 amide bonds. The van der Waals surface area contributed by atoms with Crippen LogP contribution >= 0.6 is 39.3 Å². The van der Waals surface area contributed by atoms with Crippen molar-refractivity contribution >= 4 is 45.1 Å². The topological polar surface area (TPSA) is 29.5 Å². The maximum Gasteiger partial charge on any atom is 0.192 e. The van der Waals surface area contributed by atoms with Gasteiger partial charge in [0, 0.05) is 23.3 Å². The first-order valence-electron chi connectivity index (χ1n) is 7.91. The fourth-order valence-corrected chi connectivity index (χ4v) is 4.64. The maximum absolute atomic E-state index is 12.8. The molecule has 6 heteroatoms. The molecule has 3 nitrogen and oxygen atoms in total. The largest absolute Gasteiger partial charge is 0.496 e. The summed E-state index contributed by atoms with van der Waals surface area (Å²) < 4.78 is 6.37. The van der Waals surface area contributed by atoms with E-state index in [1.807, 2.05) is 0 Å². The van der Waals surface area contributed by atoms with E-state index in [0.29, 0.717) is 16.3 Å². The number of carbonyl (C=O) groups excluding carboxylic acids is 1. The number of hydrogen-bond donors (Lipinski definition) is 0. The number of hydrogen-bond acceptors (Lipinski definition) is 4. The minimum Gasteiger partial charge on any atom is -0.496 e. The van der Waals surface area contributed by atoms with Gasteiger partial charge in [0.15, 0.2) is 5.78 Å². The van der Waals surface area contributed by atoms with Gasteiger partial charge in [-0.15, -0.1) is 0 Å². The minimum atomic E-state index is -0.0922. The van der Waals surface area contributed by atoms with Gasteiger partial charge in [-0.2, -0.15) is 0 Å². The molecule has 0 radical (unpaired) electrons. The Labute approximate surface area is 160 Å². The summed E-state index contributed by atoms with van der Waals surface area (Å²) in [4.78, 5) is 15.0. The third kappa shape index (κ3) is 3.68. The lowest BCUT2D eigenvalue weighted by Crippen LogP contribution is -2.28. The number of halogens is 2. The highest BCUT2D eigenvalue weighted by Crippen LogP contribution is 2.46. The third-order valence-electron chi connectivity index (χ3n) is 4.50. The molecule has 1 aliphatic carbocycles. The Bertz CT molecular complexity index is 728. The van der Waals surface area contributed by atoms with Gasteiger partial charge in [0.05, 0.1) is 21.5 Å². The summed E-state index contributed by atoms with van der Waals surface area (Å²) >= 11 is 11.2. The van der Waals surface area contributed by atoms with Gasteiger partial charge in [0.2, 0.25) is 0 Å². The predicted molar refractivity (Wildman–Crippen MR) is 104 cm³/mol. The van der Waals surface area contributed by atoms with Crippen molar-refractivity contribution in [2.75, 3.05) is 13.7 Å². The van der Waals surface area contributed by atoms with Gasteiger partial charge in [-0.25, -0.2) is 0 Å². The molecule has 1 heterocycles. The number of allylic oxidation sites excluding steroid dienone is 2. The van der Waals surface area contributed by atoms with E-state index in [-0.39, 0.29) is 5.78 Å². The lowest BCUT2D eigenvalue weighted by Gasteiger charge is -2.32. The van der Waals surface area contributed by atoms with E-state index in [9.17, 15) is 4.79 Å². The van der Waals surface area contributed by atoms with Crippen molar-refractivity contribution in [1.82, 2.24) is 4.90 Å². The molecule has 0 N–H and O–H groups in total. The Morgan fingerprint density at radius 1 is 1.50 bits per heavy atom. The van der Waals surface area contributed by atoms with Crippen LogP contribution in [0.4, 0.5) is 0 Å². The first kappa shape index (κ1) is 17.9. The van der Waals surface area contributed by atoms with Crippen molar-refractivity contribution < 1.29 is 9.53 Å². The quantitative estimate of drug-likeness (QED) is 0.437. The Morgan fingerprint density at radius 3 is 2.88 bits per heavy atom. The summed E-state index contributed by atoms with van der Waals surface area (Å²) in [6.45, 7) is 3.06. The number of rotatable bonds is 5. The van der Waals surface area contributed by atoms with Gasteiger partial charge in [0.25, 0.3) is 0 Å². The first-order valence-corrected chi connectivity index (χ1v) is 9.89. The Balaban J connectivity index is 1.86. The average molecular weight is 429 g/mol. The molecular formula is C18H19BrClNO2S. The van der Waals surface area contributed by atoms with Gasteiger partial charge in [0.1, 0.15) is 5.75 Å². The van der Waals surface area contributed by atoms with E-state index in [0.717, 1.165) is 21.3 Å². The lowest BCUT2D eigenvalue weighted by molar-refractivity contribution is 0.104. The van der Waals surface area contributed by atoms with Crippen LogP contribution in [0.2, 0.25) is 5.02 Å². The molecule has 128 valence electrons. The summed E-state index contributed by atoms with van der Waals surface area (Å²) in [5.41, 5.74) is 1.66. The van der Waals surface area contributed by atoms with E-state index < -0.39 is 0 Å². The van der Waals surface area contributed by atoms with Gasteiger partial charge in [-0.3, -0.25) is 4.79 Å². The van der Waals surface area contributed by atoms with Crippen LogP contribution in [0.1, 0.15) is 36.5 Å². The number of thioether (sulfide) groups is 1. The summed E-state index contributed by atoms with van der Waals surface area (Å²) in [5.74, 6) is 1.17. The Hall–Kier alpha value is -0.910. The van der Waals surface area contributed by atoms with Crippen LogP contribution in [0.5, 0.6) is 5.75 Å². The molecule has 1 saturated carbocycles. The van der Waals surface area contributed by atoms with E-state index in [1.165, 1.54) is 25.0 Å². The highest BCUT2D eigenvalue weighted by molar-refractivity contribution is 9.14. The van der Waals surface area contributed by atoms with E-state index in [1.54, 1.807) is 43.1 Å². The number of nitrogens with zero attached hydrogens (tertiary/aromatic N) is 1. The molecular weight excluding hydrogens is 410 g/mol. The van der Waals surface area contributed by atoms with Crippen LogP contribution in [-0.4, -0.2) is 24.3 Å². The predicted octanol–water partition coefficient (Wildman–Crippen LogP) is 5.81. The van der Waals surface area contributed by atoms with E-state index >= 15 is 0 Å². The van der Waals surface area contributed by atoms with Crippen LogP contribution < -0.4 is 4.74 Å². The molecule has 1 aromatic rings. The molecule has 3 rings (SSSR count). The molecule has 1 aromatic carbocycles. The molecule has 0 atom stereocenters. The Morgan fingerprint density at radius 2 is 2.25 bits per heavy atom. The summed E-state index contributed by atoms with van der Waals surface area (Å²) in [6, 6.07) is 5.10. The van der Waals surface area contributed by atoms with Crippen LogP contribution in [-0.2, 0) is 0 Å². The lowest BCUT2D eigenvalue weighted by atomic mass is 9.85. The zero-order chi connectivity index (χ0) is 17.3. The molecule has 1 fully saturated rings. The first-order chi connectivity index (χ1) is 11.5. The number of ether oxygens (including phenoxy) is 1. The zero-order valence-corrected chi connectivity index (χ0v) is 16.8. The van der Waals surface area contributed by atoms with Crippen molar-refractivity contribution in [2.24, 2.45) is 5.92 Å².